The van der Waals surface area contributed by atoms with E-state index >= 15 is 0 Å². The van der Waals surface area contributed by atoms with Crippen LogP contribution in [0.25, 0.3) is 21.2 Å². The number of likely N-dealkylation sites (tertiary alicyclic amines) is 1. The standard InChI is InChI=1S/C25H32N6O4/c1-25(2,3)21(26)22(32)31(24(34)30-12-11-19(15-30)28-29-27)20(23(33)35-4)14-16-9-10-17-7-5-6-8-18(17)13-16/h5-10,13,19-21H,11-12,14-15,26H2,1-4H3/t19?,20?,21-/m1/s1. The molecule has 3 atom stereocenters. The van der Waals surface area contributed by atoms with Gasteiger partial charge in [-0.1, -0.05) is 68.4 Å². The van der Waals surface area contributed by atoms with Crippen LogP contribution in [0, 0.1) is 5.41 Å². The molecular formula is C25H32N6O4. The summed E-state index contributed by atoms with van der Waals surface area (Å²) in [5, 5.41) is 5.70. The molecule has 2 aromatic carbocycles. The lowest BCUT2D eigenvalue weighted by Crippen LogP contribution is -2.60. The normalized spacial score (nSPS) is 17.4. The third kappa shape index (κ3) is 5.90. The number of ether oxygens (including phenoxy) is 1. The van der Waals surface area contributed by atoms with Crippen LogP contribution in [0.3, 0.4) is 0 Å². The van der Waals surface area contributed by atoms with Crippen LogP contribution in [-0.2, 0) is 20.7 Å². The van der Waals surface area contributed by atoms with E-state index in [1.54, 1.807) is 20.8 Å². The van der Waals surface area contributed by atoms with E-state index in [9.17, 15) is 14.4 Å². The molecule has 0 saturated carbocycles. The third-order valence-corrected chi connectivity index (χ3v) is 6.32. The number of imide groups is 1. The van der Waals surface area contributed by atoms with E-state index in [1.165, 1.54) is 12.0 Å². The number of methoxy groups -OCH3 is 1. The molecule has 2 aromatic rings. The molecule has 1 heterocycles. The van der Waals surface area contributed by atoms with Crippen LogP contribution in [-0.4, -0.2) is 66.0 Å². The summed E-state index contributed by atoms with van der Waals surface area (Å²) in [6.45, 7) is 5.83. The Balaban J connectivity index is 2.01. The van der Waals surface area contributed by atoms with Gasteiger partial charge < -0.3 is 15.4 Å². The fourth-order valence-corrected chi connectivity index (χ4v) is 4.14. The van der Waals surface area contributed by atoms with Gasteiger partial charge in [-0.25, -0.2) is 14.5 Å². The lowest BCUT2D eigenvalue weighted by Gasteiger charge is -2.36. The van der Waals surface area contributed by atoms with Crippen LogP contribution >= 0.6 is 0 Å². The Morgan fingerprint density at radius 1 is 1.23 bits per heavy atom. The van der Waals surface area contributed by atoms with Crippen molar-refractivity contribution in [2.24, 2.45) is 16.3 Å². The number of benzene rings is 2. The first-order chi connectivity index (χ1) is 16.6. The fraction of sp³-hybridized carbons (Fsp3) is 0.480. The number of fused-ring (bicyclic) bond motifs is 1. The Morgan fingerprint density at radius 3 is 2.54 bits per heavy atom. The largest absolute Gasteiger partial charge is 0.467 e. The van der Waals surface area contributed by atoms with Crippen molar-refractivity contribution in [3.8, 4) is 0 Å². The first kappa shape index (κ1) is 26.0. The summed E-state index contributed by atoms with van der Waals surface area (Å²) < 4.78 is 5.03. The average molecular weight is 481 g/mol. The number of azide groups is 1. The van der Waals surface area contributed by atoms with E-state index in [0.717, 1.165) is 21.2 Å². The van der Waals surface area contributed by atoms with Crippen molar-refractivity contribution in [2.75, 3.05) is 20.2 Å². The topological polar surface area (TPSA) is 142 Å². The van der Waals surface area contributed by atoms with Crippen molar-refractivity contribution in [2.45, 2.75) is 51.7 Å². The van der Waals surface area contributed by atoms with Gasteiger partial charge in [0.15, 0.2) is 0 Å². The van der Waals surface area contributed by atoms with Crippen LogP contribution < -0.4 is 5.73 Å². The lowest BCUT2D eigenvalue weighted by molar-refractivity contribution is -0.152. The Kier molecular flexibility index (Phi) is 7.99. The van der Waals surface area contributed by atoms with Crippen LogP contribution in [0.5, 0.6) is 0 Å². The number of urea groups is 1. The highest BCUT2D eigenvalue weighted by atomic mass is 16.5. The number of carbonyl (C=O) groups is 3. The summed E-state index contributed by atoms with van der Waals surface area (Å²) in [5.74, 6) is -1.38. The SMILES string of the molecule is COC(=O)C(Cc1ccc2ccccc2c1)N(C(=O)[C@@H](N)C(C)(C)C)C(=O)N1CCC(N=[N+]=[N-])C1. The molecule has 10 nitrogen and oxygen atoms in total. The lowest BCUT2D eigenvalue weighted by atomic mass is 9.86. The molecule has 0 aliphatic carbocycles. The van der Waals surface area contributed by atoms with Crippen molar-refractivity contribution < 1.29 is 19.1 Å². The van der Waals surface area contributed by atoms with E-state index in [-0.39, 0.29) is 13.0 Å². The monoisotopic (exact) mass is 480 g/mol. The quantitative estimate of drug-likeness (QED) is 0.291. The molecule has 1 fully saturated rings. The van der Waals surface area contributed by atoms with Gasteiger partial charge in [0.1, 0.15) is 6.04 Å². The molecule has 3 amide bonds. The number of nitrogens with zero attached hydrogens (tertiary/aromatic N) is 5. The zero-order chi connectivity index (χ0) is 25.8. The molecule has 186 valence electrons. The number of hydrogen-bond acceptors (Lipinski definition) is 6. The van der Waals surface area contributed by atoms with E-state index in [0.29, 0.717) is 13.0 Å². The molecular weight excluding hydrogens is 448 g/mol. The van der Waals surface area contributed by atoms with E-state index in [1.807, 2.05) is 42.5 Å². The summed E-state index contributed by atoms with van der Waals surface area (Å²) in [6.07, 6.45) is 0.538. The summed E-state index contributed by atoms with van der Waals surface area (Å²) in [7, 11) is 1.22. The number of esters is 1. The summed E-state index contributed by atoms with van der Waals surface area (Å²) in [6, 6.07) is 10.2. The third-order valence-electron chi connectivity index (χ3n) is 6.32. The molecule has 1 saturated heterocycles. The predicted molar refractivity (Wildman–Crippen MR) is 132 cm³/mol. The van der Waals surface area contributed by atoms with Crippen molar-refractivity contribution in [1.82, 2.24) is 9.80 Å². The Hall–Kier alpha value is -3.62. The maximum absolute atomic E-state index is 13.7. The van der Waals surface area contributed by atoms with Gasteiger partial charge >= 0.3 is 12.0 Å². The van der Waals surface area contributed by atoms with Gasteiger partial charge in [0.05, 0.1) is 19.2 Å². The molecule has 10 heteroatoms. The molecule has 35 heavy (non-hydrogen) atoms. The highest BCUT2D eigenvalue weighted by molar-refractivity contribution is 6.01. The predicted octanol–water partition coefficient (Wildman–Crippen LogP) is 3.63. The smallest absolute Gasteiger partial charge is 0.329 e. The number of hydrogen-bond donors (Lipinski definition) is 1. The molecule has 0 bridgehead atoms. The number of carbonyl (C=O) groups excluding carboxylic acids is 3. The Morgan fingerprint density at radius 2 is 1.91 bits per heavy atom. The van der Waals surface area contributed by atoms with Gasteiger partial charge in [0.2, 0.25) is 5.91 Å². The summed E-state index contributed by atoms with van der Waals surface area (Å²) in [4.78, 5) is 45.5. The second-order valence-corrected chi connectivity index (χ2v) is 9.85. The fourth-order valence-electron chi connectivity index (χ4n) is 4.14. The molecule has 0 aromatic heterocycles. The van der Waals surface area contributed by atoms with Crippen LogP contribution in [0.15, 0.2) is 47.6 Å². The maximum Gasteiger partial charge on any atom is 0.329 e. The second-order valence-electron chi connectivity index (χ2n) is 9.85. The van der Waals surface area contributed by atoms with Crippen LogP contribution in [0.1, 0.15) is 32.8 Å². The molecule has 1 aliphatic heterocycles. The number of amides is 3. The minimum Gasteiger partial charge on any atom is -0.467 e. The van der Waals surface area contributed by atoms with E-state index in [4.69, 9.17) is 16.0 Å². The first-order valence-electron chi connectivity index (χ1n) is 11.5. The summed E-state index contributed by atoms with van der Waals surface area (Å²) >= 11 is 0. The molecule has 3 rings (SSSR count). The minimum absolute atomic E-state index is 0.0689. The minimum atomic E-state index is -1.21. The van der Waals surface area contributed by atoms with Crippen molar-refractivity contribution in [1.29, 1.82) is 0 Å². The van der Waals surface area contributed by atoms with E-state index < -0.39 is 41.4 Å². The highest BCUT2D eigenvalue weighted by Crippen LogP contribution is 2.25. The molecule has 1 aliphatic rings. The van der Waals surface area contributed by atoms with Crippen molar-refractivity contribution in [3.05, 3.63) is 58.5 Å². The molecule has 2 unspecified atom stereocenters. The van der Waals surface area contributed by atoms with Gasteiger partial charge in [-0.05, 0) is 33.7 Å². The number of rotatable bonds is 6. The first-order valence-corrected chi connectivity index (χ1v) is 11.5. The average Bonchev–Trinajstić information content (AvgIpc) is 3.30. The van der Waals surface area contributed by atoms with Crippen molar-refractivity contribution >= 4 is 28.7 Å². The van der Waals surface area contributed by atoms with Crippen molar-refractivity contribution in [3.63, 3.8) is 0 Å². The maximum atomic E-state index is 13.7. The zero-order valence-electron chi connectivity index (χ0n) is 20.5. The van der Waals surface area contributed by atoms with Gasteiger partial charge in [0.25, 0.3) is 0 Å². The molecule has 0 radical (unpaired) electrons. The summed E-state index contributed by atoms with van der Waals surface area (Å²) in [5.41, 5.74) is 15.1. The van der Waals surface area contributed by atoms with Gasteiger partial charge in [-0.15, -0.1) is 0 Å². The molecule has 0 spiro atoms. The van der Waals surface area contributed by atoms with Gasteiger partial charge in [-0.3, -0.25) is 4.79 Å². The number of nitrogens with two attached hydrogens (primary N) is 1. The van der Waals surface area contributed by atoms with Gasteiger partial charge in [-0.2, -0.15) is 0 Å². The van der Waals surface area contributed by atoms with Crippen LogP contribution in [0.4, 0.5) is 4.79 Å². The van der Waals surface area contributed by atoms with Gasteiger partial charge in [0, 0.05) is 24.4 Å². The Labute approximate surface area is 204 Å². The highest BCUT2D eigenvalue weighted by Gasteiger charge is 2.43. The second kappa shape index (κ2) is 10.8. The zero-order valence-corrected chi connectivity index (χ0v) is 20.5. The molecule has 2 N–H and O–H groups in total. The Bertz CT molecular complexity index is 1150. The van der Waals surface area contributed by atoms with E-state index in [2.05, 4.69) is 10.0 Å². The van der Waals surface area contributed by atoms with Crippen LogP contribution in [0.2, 0.25) is 0 Å².